The van der Waals surface area contributed by atoms with Crippen LogP contribution in [-0.2, 0) is 0 Å². The number of allylic oxidation sites excluding steroid dienone is 4. The van der Waals surface area contributed by atoms with Crippen LogP contribution in [0.2, 0.25) is 0 Å². The first-order chi connectivity index (χ1) is 7.29. The molecular formula is C15H20. The number of hydrogen-bond donors (Lipinski definition) is 0. The van der Waals surface area contributed by atoms with Crippen molar-refractivity contribution in [3.8, 4) is 0 Å². The zero-order chi connectivity index (χ0) is 11.1. The second-order valence-corrected chi connectivity index (χ2v) is 3.69. The van der Waals surface area contributed by atoms with E-state index < -0.39 is 0 Å². The van der Waals surface area contributed by atoms with Crippen molar-refractivity contribution < 1.29 is 0 Å². The molecule has 0 aromatic heterocycles. The molecule has 0 aliphatic rings. The fourth-order valence-corrected chi connectivity index (χ4v) is 1.74. The summed E-state index contributed by atoms with van der Waals surface area (Å²) in [5, 5.41) is 0. The molecule has 0 amide bonds. The topological polar surface area (TPSA) is 0 Å². The molecule has 0 N–H and O–H groups in total. The summed E-state index contributed by atoms with van der Waals surface area (Å²) in [6.07, 6.45) is 6.77. The summed E-state index contributed by atoms with van der Waals surface area (Å²) in [4.78, 5) is 0. The molecule has 0 aliphatic heterocycles. The molecule has 1 aromatic rings. The van der Waals surface area contributed by atoms with Gasteiger partial charge in [0.25, 0.3) is 0 Å². The van der Waals surface area contributed by atoms with Gasteiger partial charge in [-0.25, -0.2) is 0 Å². The van der Waals surface area contributed by atoms with E-state index in [0.717, 1.165) is 12.8 Å². The summed E-state index contributed by atoms with van der Waals surface area (Å²) in [7, 11) is 0. The Balaban J connectivity index is 3.05. The van der Waals surface area contributed by atoms with Crippen LogP contribution in [0.3, 0.4) is 0 Å². The molecular weight excluding hydrogens is 180 g/mol. The Morgan fingerprint density at radius 3 is 2.13 bits per heavy atom. The van der Waals surface area contributed by atoms with E-state index in [2.05, 4.69) is 63.3 Å². The van der Waals surface area contributed by atoms with Crippen molar-refractivity contribution in [3.63, 3.8) is 0 Å². The molecule has 0 spiro atoms. The van der Waals surface area contributed by atoms with Crippen molar-refractivity contribution in [1.29, 1.82) is 0 Å². The maximum atomic E-state index is 2.30. The third kappa shape index (κ3) is 3.39. The standard InChI is InChI=1S/C15H20/c1-4-9-13(3)15(10-5-2)14-11-7-6-8-12-14/h6-12H,4-5H2,1-3H3. The van der Waals surface area contributed by atoms with Crippen LogP contribution in [0.4, 0.5) is 0 Å². The van der Waals surface area contributed by atoms with Gasteiger partial charge in [0.15, 0.2) is 0 Å². The Hall–Kier alpha value is -1.30. The Labute approximate surface area is 93.3 Å². The Morgan fingerprint density at radius 2 is 1.60 bits per heavy atom. The van der Waals surface area contributed by atoms with Gasteiger partial charge < -0.3 is 0 Å². The Bertz CT molecular complexity index is 342. The molecule has 1 aromatic carbocycles. The smallest absolute Gasteiger partial charge is 0.0185 e. The van der Waals surface area contributed by atoms with Gasteiger partial charge in [-0.1, -0.05) is 56.3 Å². The zero-order valence-electron chi connectivity index (χ0n) is 9.96. The number of hydrogen-bond acceptors (Lipinski definition) is 0. The van der Waals surface area contributed by atoms with Gasteiger partial charge in [0.1, 0.15) is 0 Å². The lowest BCUT2D eigenvalue weighted by Gasteiger charge is -2.08. The summed E-state index contributed by atoms with van der Waals surface area (Å²) in [6.45, 7) is 6.55. The SMILES string of the molecule is CCC=C(C)C(=CCC)c1ccccc1. The van der Waals surface area contributed by atoms with Crippen LogP contribution in [0.1, 0.15) is 39.2 Å². The maximum absolute atomic E-state index is 2.30. The fourth-order valence-electron chi connectivity index (χ4n) is 1.74. The van der Waals surface area contributed by atoms with Gasteiger partial charge >= 0.3 is 0 Å². The first kappa shape index (κ1) is 11.8. The van der Waals surface area contributed by atoms with E-state index in [1.807, 2.05) is 0 Å². The second-order valence-electron chi connectivity index (χ2n) is 3.69. The van der Waals surface area contributed by atoms with Gasteiger partial charge in [-0.05, 0) is 36.5 Å². The molecule has 0 fully saturated rings. The van der Waals surface area contributed by atoms with E-state index in [0.29, 0.717) is 0 Å². The van der Waals surface area contributed by atoms with Gasteiger partial charge in [-0.3, -0.25) is 0 Å². The number of benzene rings is 1. The number of rotatable bonds is 4. The van der Waals surface area contributed by atoms with Crippen LogP contribution in [0.5, 0.6) is 0 Å². The van der Waals surface area contributed by atoms with Gasteiger partial charge in [0, 0.05) is 0 Å². The fraction of sp³-hybridized carbons (Fsp3) is 0.333. The molecule has 0 saturated carbocycles. The van der Waals surface area contributed by atoms with Crippen molar-refractivity contribution in [2.75, 3.05) is 0 Å². The van der Waals surface area contributed by atoms with E-state index in [9.17, 15) is 0 Å². The van der Waals surface area contributed by atoms with Gasteiger partial charge in [-0.2, -0.15) is 0 Å². The van der Waals surface area contributed by atoms with Crippen LogP contribution in [0.15, 0.2) is 48.1 Å². The third-order valence-electron chi connectivity index (χ3n) is 2.43. The van der Waals surface area contributed by atoms with Crippen LogP contribution in [0.25, 0.3) is 5.57 Å². The molecule has 80 valence electrons. The van der Waals surface area contributed by atoms with Crippen LogP contribution >= 0.6 is 0 Å². The van der Waals surface area contributed by atoms with Crippen LogP contribution in [-0.4, -0.2) is 0 Å². The minimum absolute atomic E-state index is 1.08. The molecule has 0 radical (unpaired) electrons. The molecule has 15 heavy (non-hydrogen) atoms. The minimum Gasteiger partial charge on any atom is -0.0813 e. The molecule has 0 aliphatic carbocycles. The summed E-state index contributed by atoms with van der Waals surface area (Å²) >= 11 is 0. The Kier molecular flexibility index (Phi) is 4.89. The van der Waals surface area contributed by atoms with E-state index in [1.165, 1.54) is 16.7 Å². The van der Waals surface area contributed by atoms with E-state index in [4.69, 9.17) is 0 Å². The van der Waals surface area contributed by atoms with Gasteiger partial charge in [-0.15, -0.1) is 0 Å². The highest BCUT2D eigenvalue weighted by molar-refractivity contribution is 5.78. The van der Waals surface area contributed by atoms with Crippen molar-refractivity contribution in [1.82, 2.24) is 0 Å². The van der Waals surface area contributed by atoms with Crippen molar-refractivity contribution in [3.05, 3.63) is 53.6 Å². The molecule has 0 saturated heterocycles. The summed E-state index contributed by atoms with van der Waals surface area (Å²) < 4.78 is 0. The quantitative estimate of drug-likeness (QED) is 0.610. The minimum atomic E-state index is 1.08. The second kappa shape index (κ2) is 6.23. The monoisotopic (exact) mass is 200 g/mol. The molecule has 0 heterocycles. The highest BCUT2D eigenvalue weighted by Crippen LogP contribution is 2.23. The zero-order valence-corrected chi connectivity index (χ0v) is 9.96. The largest absolute Gasteiger partial charge is 0.0813 e. The van der Waals surface area contributed by atoms with Crippen LogP contribution in [0, 0.1) is 0 Å². The summed E-state index contributed by atoms with van der Waals surface area (Å²) in [6, 6.07) is 10.6. The average Bonchev–Trinajstić information content (AvgIpc) is 2.27. The lowest BCUT2D eigenvalue weighted by Crippen LogP contribution is -1.86. The summed E-state index contributed by atoms with van der Waals surface area (Å²) in [5.41, 5.74) is 4.08. The maximum Gasteiger partial charge on any atom is -0.0185 e. The lowest BCUT2D eigenvalue weighted by molar-refractivity contribution is 1.19. The molecule has 1 rings (SSSR count). The first-order valence-electron chi connectivity index (χ1n) is 5.72. The molecule has 0 bridgehead atoms. The van der Waals surface area contributed by atoms with Gasteiger partial charge in [0.2, 0.25) is 0 Å². The average molecular weight is 200 g/mol. The molecule has 0 heteroatoms. The van der Waals surface area contributed by atoms with Crippen molar-refractivity contribution >= 4 is 5.57 Å². The van der Waals surface area contributed by atoms with E-state index in [-0.39, 0.29) is 0 Å². The lowest BCUT2D eigenvalue weighted by atomic mass is 9.97. The highest BCUT2D eigenvalue weighted by Gasteiger charge is 2.01. The first-order valence-corrected chi connectivity index (χ1v) is 5.72. The predicted molar refractivity (Wildman–Crippen MR) is 68.8 cm³/mol. The molecule has 0 unspecified atom stereocenters. The highest BCUT2D eigenvalue weighted by atomic mass is 14.1. The van der Waals surface area contributed by atoms with Crippen molar-refractivity contribution in [2.24, 2.45) is 0 Å². The van der Waals surface area contributed by atoms with E-state index >= 15 is 0 Å². The third-order valence-corrected chi connectivity index (χ3v) is 2.43. The Morgan fingerprint density at radius 1 is 1.00 bits per heavy atom. The van der Waals surface area contributed by atoms with E-state index in [1.54, 1.807) is 0 Å². The molecule has 0 atom stereocenters. The van der Waals surface area contributed by atoms with Gasteiger partial charge in [0.05, 0.1) is 0 Å². The van der Waals surface area contributed by atoms with Crippen molar-refractivity contribution in [2.45, 2.75) is 33.6 Å². The normalized spacial score (nSPS) is 13.0. The molecule has 0 nitrogen and oxygen atoms in total. The summed E-state index contributed by atoms with van der Waals surface area (Å²) in [5.74, 6) is 0. The van der Waals surface area contributed by atoms with Crippen LogP contribution < -0.4 is 0 Å². The predicted octanol–water partition coefficient (Wildman–Crippen LogP) is 4.84.